The van der Waals surface area contributed by atoms with Crippen LogP contribution in [0.5, 0.6) is 0 Å². The van der Waals surface area contributed by atoms with Crippen molar-refractivity contribution in [3.63, 3.8) is 0 Å². The monoisotopic (exact) mass is 316 g/mol. The molecule has 1 aliphatic rings. The van der Waals surface area contributed by atoms with Gasteiger partial charge in [-0.15, -0.1) is 0 Å². The molecule has 1 aromatic rings. The van der Waals surface area contributed by atoms with E-state index in [1.165, 1.54) is 0 Å². The van der Waals surface area contributed by atoms with E-state index in [0.717, 1.165) is 11.4 Å². The van der Waals surface area contributed by atoms with Gasteiger partial charge in [0.1, 0.15) is 0 Å². The van der Waals surface area contributed by atoms with Crippen molar-refractivity contribution in [3.05, 3.63) is 11.4 Å². The van der Waals surface area contributed by atoms with E-state index < -0.39 is 15.9 Å². The van der Waals surface area contributed by atoms with Gasteiger partial charge in [-0.3, -0.25) is 9.58 Å². The molecular formula is C13H24N4O3S. The molecule has 0 saturated carbocycles. The third kappa shape index (κ3) is 3.75. The SMILES string of the molecule is Cc1nn(CC(O)CN(C)C2CCS(=O)(=O)C2)c(C)c1N. The molecule has 1 fully saturated rings. The quantitative estimate of drug-likeness (QED) is 0.764. The zero-order valence-electron chi connectivity index (χ0n) is 12.8. The van der Waals surface area contributed by atoms with Crippen molar-refractivity contribution >= 4 is 15.5 Å². The molecule has 120 valence electrons. The number of hydrogen-bond donors (Lipinski definition) is 2. The highest BCUT2D eigenvalue weighted by molar-refractivity contribution is 7.91. The van der Waals surface area contributed by atoms with E-state index in [-0.39, 0.29) is 17.5 Å². The number of anilines is 1. The van der Waals surface area contributed by atoms with Crippen LogP contribution in [0, 0.1) is 13.8 Å². The predicted octanol–water partition coefficient (Wildman–Crippen LogP) is -0.438. The van der Waals surface area contributed by atoms with Crippen LogP contribution in [0.15, 0.2) is 0 Å². The summed E-state index contributed by atoms with van der Waals surface area (Å²) in [5, 5.41) is 14.5. The standard InChI is InChI=1S/C13H24N4O3S/c1-9-13(14)10(2)17(15-9)7-12(18)6-16(3)11-4-5-21(19,20)8-11/h11-12,18H,4-8,14H2,1-3H3. The molecule has 2 heterocycles. The summed E-state index contributed by atoms with van der Waals surface area (Å²) in [5.74, 6) is 0.426. The summed E-state index contributed by atoms with van der Waals surface area (Å²) in [6.45, 7) is 4.47. The second-order valence-corrected chi connectivity index (χ2v) is 8.15. The van der Waals surface area contributed by atoms with E-state index in [0.29, 0.717) is 25.2 Å². The van der Waals surface area contributed by atoms with Gasteiger partial charge < -0.3 is 10.8 Å². The second kappa shape index (κ2) is 5.94. The van der Waals surface area contributed by atoms with Gasteiger partial charge in [-0.1, -0.05) is 0 Å². The highest BCUT2D eigenvalue weighted by atomic mass is 32.2. The molecule has 1 aromatic heterocycles. The lowest BCUT2D eigenvalue weighted by Gasteiger charge is -2.25. The average Bonchev–Trinajstić information content (AvgIpc) is 2.85. The molecule has 0 aliphatic carbocycles. The molecule has 7 nitrogen and oxygen atoms in total. The van der Waals surface area contributed by atoms with Crippen LogP contribution in [-0.4, -0.2) is 65.4 Å². The normalized spacial score (nSPS) is 22.8. The molecule has 3 N–H and O–H groups in total. The van der Waals surface area contributed by atoms with Crippen molar-refractivity contribution in [2.45, 2.75) is 39.0 Å². The molecule has 1 saturated heterocycles. The molecule has 2 unspecified atom stereocenters. The molecule has 8 heteroatoms. The summed E-state index contributed by atoms with van der Waals surface area (Å²) in [5.41, 5.74) is 8.12. The maximum atomic E-state index is 11.5. The summed E-state index contributed by atoms with van der Waals surface area (Å²) in [6.07, 6.45) is 0.0222. The van der Waals surface area contributed by atoms with Crippen LogP contribution in [0.4, 0.5) is 5.69 Å². The number of aryl methyl sites for hydroxylation is 1. The van der Waals surface area contributed by atoms with E-state index >= 15 is 0 Å². The predicted molar refractivity (Wildman–Crippen MR) is 81.8 cm³/mol. The summed E-state index contributed by atoms with van der Waals surface area (Å²) < 4.78 is 24.7. The lowest BCUT2D eigenvalue weighted by Crippen LogP contribution is -2.39. The minimum atomic E-state index is -2.90. The largest absolute Gasteiger partial charge is 0.396 e. The minimum Gasteiger partial charge on any atom is -0.396 e. The molecule has 21 heavy (non-hydrogen) atoms. The lowest BCUT2D eigenvalue weighted by atomic mass is 10.2. The van der Waals surface area contributed by atoms with Gasteiger partial charge in [0.05, 0.1) is 41.2 Å². The van der Waals surface area contributed by atoms with E-state index in [1.807, 2.05) is 25.8 Å². The topological polar surface area (TPSA) is 101 Å². The van der Waals surface area contributed by atoms with Crippen molar-refractivity contribution < 1.29 is 13.5 Å². The number of nitrogens with zero attached hydrogens (tertiary/aromatic N) is 3. The van der Waals surface area contributed by atoms with Crippen molar-refractivity contribution in [1.29, 1.82) is 0 Å². The zero-order chi connectivity index (χ0) is 15.8. The minimum absolute atomic E-state index is 0.00447. The average molecular weight is 316 g/mol. The van der Waals surface area contributed by atoms with E-state index in [1.54, 1.807) is 4.68 Å². The summed E-state index contributed by atoms with van der Waals surface area (Å²) in [6, 6.07) is -0.00447. The number of aliphatic hydroxyl groups is 1. The Kier molecular flexibility index (Phi) is 4.60. The van der Waals surface area contributed by atoms with Gasteiger partial charge in [-0.2, -0.15) is 5.10 Å². The first kappa shape index (κ1) is 16.3. The number of likely N-dealkylation sites (N-methyl/N-ethyl adjacent to an activating group) is 1. The van der Waals surface area contributed by atoms with Crippen molar-refractivity contribution in [1.82, 2.24) is 14.7 Å². The van der Waals surface area contributed by atoms with Crippen LogP contribution in [0.25, 0.3) is 0 Å². The Morgan fingerprint density at radius 2 is 2.19 bits per heavy atom. The number of sulfone groups is 1. The summed E-state index contributed by atoms with van der Waals surface area (Å²) in [4.78, 5) is 1.92. The van der Waals surface area contributed by atoms with Crippen LogP contribution in [0.1, 0.15) is 17.8 Å². The molecule has 0 aromatic carbocycles. The fourth-order valence-electron chi connectivity index (χ4n) is 2.75. The Morgan fingerprint density at radius 1 is 1.52 bits per heavy atom. The molecule has 0 spiro atoms. The van der Waals surface area contributed by atoms with E-state index in [4.69, 9.17) is 5.73 Å². The first-order chi connectivity index (χ1) is 9.69. The van der Waals surface area contributed by atoms with Gasteiger partial charge in [-0.25, -0.2) is 8.42 Å². The number of rotatable bonds is 5. The summed E-state index contributed by atoms with van der Waals surface area (Å²) in [7, 11) is -1.05. The summed E-state index contributed by atoms with van der Waals surface area (Å²) >= 11 is 0. The number of nitrogen functional groups attached to an aromatic ring is 1. The third-order valence-electron chi connectivity index (χ3n) is 4.15. The van der Waals surface area contributed by atoms with Gasteiger partial charge in [0.2, 0.25) is 0 Å². The fraction of sp³-hybridized carbons (Fsp3) is 0.769. The fourth-order valence-corrected chi connectivity index (χ4v) is 4.56. The van der Waals surface area contributed by atoms with Crippen LogP contribution in [-0.2, 0) is 16.4 Å². The highest BCUT2D eigenvalue weighted by Gasteiger charge is 2.31. The first-order valence-corrected chi connectivity index (χ1v) is 8.90. The molecule has 2 atom stereocenters. The van der Waals surface area contributed by atoms with E-state index in [2.05, 4.69) is 5.10 Å². The zero-order valence-corrected chi connectivity index (χ0v) is 13.6. The Labute approximate surface area is 125 Å². The van der Waals surface area contributed by atoms with Gasteiger partial charge in [-0.05, 0) is 27.3 Å². The Hall–Kier alpha value is -1.12. The van der Waals surface area contributed by atoms with E-state index in [9.17, 15) is 13.5 Å². The van der Waals surface area contributed by atoms with Crippen LogP contribution in [0.2, 0.25) is 0 Å². The molecule has 0 bridgehead atoms. The maximum absolute atomic E-state index is 11.5. The van der Waals surface area contributed by atoms with Crippen molar-refractivity contribution in [2.75, 3.05) is 30.8 Å². The number of aromatic nitrogens is 2. The van der Waals surface area contributed by atoms with Crippen LogP contribution >= 0.6 is 0 Å². The molecule has 1 aliphatic heterocycles. The Bertz CT molecular complexity index is 611. The van der Waals surface area contributed by atoms with Crippen LogP contribution in [0.3, 0.4) is 0 Å². The number of aliphatic hydroxyl groups excluding tert-OH is 1. The second-order valence-electron chi connectivity index (χ2n) is 5.92. The van der Waals surface area contributed by atoms with Crippen LogP contribution < -0.4 is 5.73 Å². The van der Waals surface area contributed by atoms with Gasteiger partial charge >= 0.3 is 0 Å². The number of hydrogen-bond acceptors (Lipinski definition) is 6. The Balaban J connectivity index is 1.92. The molecular weight excluding hydrogens is 292 g/mol. The number of nitrogens with two attached hydrogens (primary N) is 1. The third-order valence-corrected chi connectivity index (χ3v) is 5.90. The van der Waals surface area contributed by atoms with Gasteiger partial charge in [0, 0.05) is 12.6 Å². The Morgan fingerprint density at radius 3 is 2.67 bits per heavy atom. The molecule has 2 rings (SSSR count). The molecule has 0 radical (unpaired) electrons. The first-order valence-electron chi connectivity index (χ1n) is 7.08. The van der Waals surface area contributed by atoms with Crippen molar-refractivity contribution in [2.24, 2.45) is 0 Å². The van der Waals surface area contributed by atoms with Crippen molar-refractivity contribution in [3.8, 4) is 0 Å². The smallest absolute Gasteiger partial charge is 0.151 e. The maximum Gasteiger partial charge on any atom is 0.151 e. The van der Waals surface area contributed by atoms with Gasteiger partial charge in [0.25, 0.3) is 0 Å². The highest BCUT2D eigenvalue weighted by Crippen LogP contribution is 2.18. The van der Waals surface area contributed by atoms with Gasteiger partial charge in [0.15, 0.2) is 9.84 Å². The lowest BCUT2D eigenvalue weighted by molar-refractivity contribution is 0.0917. The molecule has 0 amide bonds.